The van der Waals surface area contributed by atoms with Crippen molar-refractivity contribution in [2.45, 2.75) is 13.0 Å². The second-order valence-electron chi connectivity index (χ2n) is 3.06. The van der Waals surface area contributed by atoms with Gasteiger partial charge < -0.3 is 5.11 Å². The first kappa shape index (κ1) is 15.6. The number of hydrogen-bond acceptors (Lipinski definition) is 1. The van der Waals surface area contributed by atoms with Crippen molar-refractivity contribution in [1.82, 2.24) is 0 Å². The molecule has 0 aliphatic heterocycles. The largest absolute Gasteiger partial charge is 0.384 e. The van der Waals surface area contributed by atoms with Crippen LogP contribution in [0.4, 0.5) is 4.39 Å². The lowest BCUT2D eigenvalue weighted by Crippen LogP contribution is -2.02. The van der Waals surface area contributed by atoms with E-state index in [4.69, 9.17) is 11.6 Å². The summed E-state index contributed by atoms with van der Waals surface area (Å²) in [5, 5.41) is 10.2. The standard InChI is InChI=1S/C12H12ClFO.C2H4/c1-3-8(4-2)12(15)10-7-9(13)5-6-11(10)14;1-2/h3-7,12,15H,1H2,2H3;1-2H2/b8-4-;. The maximum Gasteiger partial charge on any atom is 0.129 e. The molecule has 1 rings (SSSR count). The molecule has 0 amide bonds. The van der Waals surface area contributed by atoms with E-state index in [1.54, 1.807) is 13.0 Å². The van der Waals surface area contributed by atoms with Crippen molar-refractivity contribution in [3.05, 3.63) is 72.1 Å². The van der Waals surface area contributed by atoms with Crippen LogP contribution < -0.4 is 0 Å². The molecule has 1 aromatic rings. The van der Waals surface area contributed by atoms with E-state index < -0.39 is 11.9 Å². The first-order valence-corrected chi connectivity index (χ1v) is 5.39. The fraction of sp³-hybridized carbons (Fsp3) is 0.143. The van der Waals surface area contributed by atoms with Gasteiger partial charge in [0, 0.05) is 10.6 Å². The lowest BCUT2D eigenvalue weighted by atomic mass is 10.0. The molecule has 92 valence electrons. The van der Waals surface area contributed by atoms with E-state index in [-0.39, 0.29) is 5.56 Å². The Hall–Kier alpha value is -1.38. The van der Waals surface area contributed by atoms with Gasteiger partial charge in [0.05, 0.1) is 0 Å². The maximum absolute atomic E-state index is 13.4. The number of hydrogen-bond donors (Lipinski definition) is 1. The molecule has 1 N–H and O–H groups in total. The van der Waals surface area contributed by atoms with Crippen LogP contribution in [0, 0.1) is 5.82 Å². The Balaban J connectivity index is 0.00000121. The molecule has 0 saturated heterocycles. The molecule has 0 aromatic heterocycles. The van der Waals surface area contributed by atoms with Crippen molar-refractivity contribution >= 4 is 11.6 Å². The molecule has 0 aliphatic carbocycles. The highest BCUT2D eigenvalue weighted by Crippen LogP contribution is 2.26. The Bertz CT molecular complexity index is 413. The molecule has 0 radical (unpaired) electrons. The van der Waals surface area contributed by atoms with Gasteiger partial charge in [0.1, 0.15) is 11.9 Å². The Morgan fingerprint density at radius 1 is 1.47 bits per heavy atom. The Morgan fingerprint density at radius 3 is 2.53 bits per heavy atom. The van der Waals surface area contributed by atoms with Crippen molar-refractivity contribution in [3.63, 3.8) is 0 Å². The molecule has 0 bridgehead atoms. The minimum Gasteiger partial charge on any atom is -0.384 e. The Kier molecular flexibility index (Phi) is 7.19. The predicted octanol–water partition coefficient (Wildman–Crippen LogP) is 4.45. The van der Waals surface area contributed by atoms with Crippen molar-refractivity contribution in [3.8, 4) is 0 Å². The van der Waals surface area contributed by atoms with Crippen molar-refractivity contribution in [2.75, 3.05) is 0 Å². The highest BCUT2D eigenvalue weighted by atomic mass is 35.5. The second kappa shape index (κ2) is 7.82. The van der Waals surface area contributed by atoms with Crippen LogP contribution in [0.15, 0.2) is 55.7 Å². The molecule has 0 spiro atoms. The summed E-state index contributed by atoms with van der Waals surface area (Å²) in [5.41, 5.74) is 0.715. The van der Waals surface area contributed by atoms with E-state index in [0.29, 0.717) is 10.6 Å². The summed E-state index contributed by atoms with van der Waals surface area (Å²) in [7, 11) is 0. The second-order valence-corrected chi connectivity index (χ2v) is 3.50. The van der Waals surface area contributed by atoms with E-state index in [1.807, 2.05) is 0 Å². The van der Waals surface area contributed by atoms with Gasteiger partial charge in [0.25, 0.3) is 0 Å². The fourth-order valence-corrected chi connectivity index (χ4v) is 1.47. The third-order valence-electron chi connectivity index (χ3n) is 2.14. The van der Waals surface area contributed by atoms with Crippen molar-refractivity contribution < 1.29 is 9.50 Å². The van der Waals surface area contributed by atoms with E-state index in [2.05, 4.69) is 19.7 Å². The van der Waals surface area contributed by atoms with Gasteiger partial charge >= 0.3 is 0 Å². The highest BCUT2D eigenvalue weighted by Gasteiger charge is 2.15. The van der Waals surface area contributed by atoms with Crippen LogP contribution in [0.3, 0.4) is 0 Å². The van der Waals surface area contributed by atoms with Crippen LogP contribution in [0.25, 0.3) is 0 Å². The van der Waals surface area contributed by atoms with E-state index in [0.717, 1.165) is 0 Å². The Labute approximate surface area is 107 Å². The topological polar surface area (TPSA) is 20.2 Å². The lowest BCUT2D eigenvalue weighted by Gasteiger charge is -2.13. The average molecular weight is 255 g/mol. The zero-order valence-corrected chi connectivity index (χ0v) is 10.5. The number of benzene rings is 1. The fourth-order valence-electron chi connectivity index (χ4n) is 1.29. The van der Waals surface area contributed by atoms with Crippen LogP contribution in [-0.2, 0) is 0 Å². The third kappa shape index (κ3) is 4.17. The zero-order valence-electron chi connectivity index (χ0n) is 9.79. The molecule has 0 saturated carbocycles. The molecule has 0 fully saturated rings. The molecular weight excluding hydrogens is 239 g/mol. The highest BCUT2D eigenvalue weighted by molar-refractivity contribution is 6.30. The number of halogens is 2. The first-order chi connectivity index (χ1) is 8.10. The summed E-state index contributed by atoms with van der Waals surface area (Å²) < 4.78 is 13.4. The zero-order chi connectivity index (χ0) is 13.4. The minimum atomic E-state index is -1.02. The number of aliphatic hydroxyl groups is 1. The number of allylic oxidation sites excluding steroid dienone is 1. The van der Waals surface area contributed by atoms with Gasteiger partial charge in [-0.1, -0.05) is 30.3 Å². The summed E-state index contributed by atoms with van der Waals surface area (Å²) in [4.78, 5) is 0. The van der Waals surface area contributed by atoms with Crippen LogP contribution in [0.1, 0.15) is 18.6 Å². The lowest BCUT2D eigenvalue weighted by molar-refractivity contribution is 0.214. The molecule has 17 heavy (non-hydrogen) atoms. The van der Waals surface area contributed by atoms with E-state index >= 15 is 0 Å². The van der Waals surface area contributed by atoms with Crippen molar-refractivity contribution in [1.29, 1.82) is 0 Å². The summed E-state index contributed by atoms with van der Waals surface area (Å²) in [6.45, 7) is 11.3. The molecular formula is C14H16ClFO. The summed E-state index contributed by atoms with van der Waals surface area (Å²) in [6, 6.07) is 4.09. The molecule has 0 aliphatic rings. The summed E-state index contributed by atoms with van der Waals surface area (Å²) in [6.07, 6.45) is 2.15. The van der Waals surface area contributed by atoms with Crippen LogP contribution in [-0.4, -0.2) is 5.11 Å². The molecule has 1 nitrogen and oxygen atoms in total. The Morgan fingerprint density at radius 2 is 2.06 bits per heavy atom. The van der Waals surface area contributed by atoms with E-state index in [1.165, 1.54) is 24.3 Å². The van der Waals surface area contributed by atoms with Gasteiger partial charge in [-0.2, -0.15) is 0 Å². The quantitative estimate of drug-likeness (QED) is 0.624. The van der Waals surface area contributed by atoms with Crippen molar-refractivity contribution in [2.24, 2.45) is 0 Å². The molecule has 3 heteroatoms. The maximum atomic E-state index is 13.4. The third-order valence-corrected chi connectivity index (χ3v) is 2.37. The van der Waals surface area contributed by atoms with E-state index in [9.17, 15) is 9.50 Å². The smallest absolute Gasteiger partial charge is 0.129 e. The SMILES string of the molecule is C=C.C=C/C(=C/C)C(O)c1cc(Cl)ccc1F. The molecule has 1 atom stereocenters. The first-order valence-electron chi connectivity index (χ1n) is 5.01. The average Bonchev–Trinajstić information content (AvgIpc) is 2.36. The van der Waals surface area contributed by atoms with Gasteiger partial charge in [-0.15, -0.1) is 13.2 Å². The van der Waals surface area contributed by atoms with Crippen LogP contribution in [0.2, 0.25) is 5.02 Å². The molecule has 1 aromatic carbocycles. The van der Waals surface area contributed by atoms with Gasteiger partial charge in [-0.05, 0) is 30.7 Å². The van der Waals surface area contributed by atoms with Gasteiger partial charge in [-0.25, -0.2) is 4.39 Å². The number of rotatable bonds is 3. The minimum absolute atomic E-state index is 0.163. The summed E-state index contributed by atoms with van der Waals surface area (Å²) >= 11 is 5.73. The normalized spacial score (nSPS) is 12.4. The molecule has 0 heterocycles. The van der Waals surface area contributed by atoms with Gasteiger partial charge in [-0.3, -0.25) is 0 Å². The molecule has 1 unspecified atom stereocenters. The van der Waals surface area contributed by atoms with Gasteiger partial charge in [0.15, 0.2) is 0 Å². The monoisotopic (exact) mass is 254 g/mol. The predicted molar refractivity (Wildman–Crippen MR) is 71.6 cm³/mol. The van der Waals surface area contributed by atoms with Crippen LogP contribution >= 0.6 is 11.6 Å². The number of aliphatic hydroxyl groups excluding tert-OH is 1. The van der Waals surface area contributed by atoms with Crippen LogP contribution in [0.5, 0.6) is 0 Å². The van der Waals surface area contributed by atoms with Gasteiger partial charge in [0.2, 0.25) is 0 Å². The summed E-state index contributed by atoms with van der Waals surface area (Å²) in [5.74, 6) is -0.479.